The molecular weight excluding hydrogens is 260 g/mol. The molecule has 2 N–H and O–H groups in total. The molecule has 112 valence electrons. The van der Waals surface area contributed by atoms with Gasteiger partial charge in [0.15, 0.2) is 0 Å². The number of rotatable bonds is 6. The normalized spacial score (nSPS) is 12.2. The summed E-state index contributed by atoms with van der Waals surface area (Å²) in [4.78, 5) is 8.78. The first-order valence-electron chi connectivity index (χ1n) is 7.51. The molecule has 0 bridgehead atoms. The first kappa shape index (κ1) is 15.3. The molecule has 0 radical (unpaired) electrons. The Balaban J connectivity index is 2.34. The van der Waals surface area contributed by atoms with Crippen LogP contribution in [0.15, 0.2) is 36.7 Å². The van der Waals surface area contributed by atoms with Crippen molar-refractivity contribution in [1.29, 1.82) is 0 Å². The molecule has 4 heteroatoms. The van der Waals surface area contributed by atoms with Gasteiger partial charge in [-0.15, -0.1) is 0 Å². The second kappa shape index (κ2) is 7.07. The quantitative estimate of drug-likeness (QED) is 0.834. The molecule has 1 aromatic carbocycles. The summed E-state index contributed by atoms with van der Waals surface area (Å²) in [5.41, 5.74) is 2.41. The van der Waals surface area contributed by atoms with Crippen molar-refractivity contribution in [3.05, 3.63) is 47.8 Å². The molecule has 0 spiro atoms. The van der Waals surface area contributed by atoms with E-state index in [4.69, 9.17) is 0 Å². The number of anilines is 2. The van der Waals surface area contributed by atoms with Crippen LogP contribution in [-0.4, -0.2) is 17.0 Å². The van der Waals surface area contributed by atoms with E-state index < -0.39 is 0 Å². The smallest absolute Gasteiger partial charge is 0.135 e. The van der Waals surface area contributed by atoms with E-state index in [-0.39, 0.29) is 6.04 Å². The molecule has 0 aliphatic heterocycles. The lowest BCUT2D eigenvalue weighted by atomic mass is 10.0. The number of aromatic nitrogens is 2. The molecule has 0 amide bonds. The van der Waals surface area contributed by atoms with Crippen LogP contribution in [0.3, 0.4) is 0 Å². The second-order valence-electron chi connectivity index (χ2n) is 5.41. The molecule has 1 aromatic heterocycles. The van der Waals surface area contributed by atoms with Gasteiger partial charge in [-0.05, 0) is 17.9 Å². The largest absolute Gasteiger partial charge is 0.373 e. The Labute approximate surface area is 127 Å². The summed E-state index contributed by atoms with van der Waals surface area (Å²) >= 11 is 0. The number of nitrogens with one attached hydrogen (secondary N) is 2. The second-order valence-corrected chi connectivity index (χ2v) is 5.41. The maximum atomic E-state index is 4.46. The Morgan fingerprint density at radius 2 is 1.71 bits per heavy atom. The average molecular weight is 284 g/mol. The van der Waals surface area contributed by atoms with Gasteiger partial charge < -0.3 is 10.6 Å². The van der Waals surface area contributed by atoms with Crippen LogP contribution in [0, 0.1) is 0 Å². The van der Waals surface area contributed by atoms with Crippen LogP contribution in [-0.2, 0) is 0 Å². The van der Waals surface area contributed by atoms with E-state index in [0.29, 0.717) is 5.92 Å². The zero-order valence-electron chi connectivity index (χ0n) is 13.2. The van der Waals surface area contributed by atoms with Gasteiger partial charge in [0.05, 0.1) is 6.04 Å². The fraction of sp³-hybridized carbons (Fsp3) is 0.412. The van der Waals surface area contributed by atoms with Crippen molar-refractivity contribution in [2.24, 2.45) is 0 Å². The Morgan fingerprint density at radius 1 is 1.05 bits per heavy atom. The van der Waals surface area contributed by atoms with Crippen molar-refractivity contribution < 1.29 is 0 Å². The van der Waals surface area contributed by atoms with Gasteiger partial charge in [-0.25, -0.2) is 9.97 Å². The third kappa shape index (κ3) is 3.51. The highest BCUT2D eigenvalue weighted by Crippen LogP contribution is 2.31. The zero-order chi connectivity index (χ0) is 15.2. The van der Waals surface area contributed by atoms with Crippen LogP contribution >= 0.6 is 0 Å². The van der Waals surface area contributed by atoms with E-state index in [1.54, 1.807) is 6.33 Å². The molecule has 4 nitrogen and oxygen atoms in total. The fourth-order valence-electron chi connectivity index (χ4n) is 2.53. The third-order valence-corrected chi connectivity index (χ3v) is 3.62. The maximum Gasteiger partial charge on any atom is 0.135 e. The van der Waals surface area contributed by atoms with E-state index in [1.165, 1.54) is 5.56 Å². The summed E-state index contributed by atoms with van der Waals surface area (Å²) < 4.78 is 0. The van der Waals surface area contributed by atoms with Crippen molar-refractivity contribution in [3.63, 3.8) is 0 Å². The first-order valence-corrected chi connectivity index (χ1v) is 7.51. The minimum atomic E-state index is 0.253. The highest BCUT2D eigenvalue weighted by molar-refractivity contribution is 5.59. The van der Waals surface area contributed by atoms with Crippen molar-refractivity contribution in [2.45, 2.75) is 39.2 Å². The lowest BCUT2D eigenvalue weighted by molar-refractivity contribution is 0.735. The predicted octanol–water partition coefficient (Wildman–Crippen LogP) is 4.20. The van der Waals surface area contributed by atoms with Crippen LogP contribution in [0.1, 0.15) is 50.3 Å². The fourth-order valence-corrected chi connectivity index (χ4v) is 2.53. The Hall–Kier alpha value is -2.10. The number of hydrogen-bond acceptors (Lipinski definition) is 4. The topological polar surface area (TPSA) is 49.8 Å². The summed E-state index contributed by atoms with van der Waals surface area (Å²) in [5.74, 6) is 2.16. The Morgan fingerprint density at radius 3 is 2.29 bits per heavy atom. The van der Waals surface area contributed by atoms with Gasteiger partial charge in [0.2, 0.25) is 0 Å². The lowest BCUT2D eigenvalue weighted by Crippen LogP contribution is -2.14. The van der Waals surface area contributed by atoms with Crippen LogP contribution in [0.5, 0.6) is 0 Å². The molecule has 1 atom stereocenters. The number of benzene rings is 1. The third-order valence-electron chi connectivity index (χ3n) is 3.62. The van der Waals surface area contributed by atoms with Gasteiger partial charge in [0.1, 0.15) is 18.0 Å². The van der Waals surface area contributed by atoms with Crippen LogP contribution in [0.2, 0.25) is 0 Å². The standard InChI is InChI=1S/C17H24N4/c1-5-14(13-9-7-6-8-10-13)21-17-15(12(2)3)16(18-4)19-11-20-17/h6-12,14H,5H2,1-4H3,(H2,18,19,20,21). The lowest BCUT2D eigenvalue weighted by Gasteiger charge is -2.22. The Bertz CT molecular complexity index is 566. The van der Waals surface area contributed by atoms with E-state index in [9.17, 15) is 0 Å². The molecule has 0 fully saturated rings. The number of hydrogen-bond donors (Lipinski definition) is 2. The van der Waals surface area contributed by atoms with E-state index >= 15 is 0 Å². The highest BCUT2D eigenvalue weighted by atomic mass is 15.1. The van der Waals surface area contributed by atoms with Gasteiger partial charge in [0, 0.05) is 12.6 Å². The average Bonchev–Trinajstić information content (AvgIpc) is 2.52. The summed E-state index contributed by atoms with van der Waals surface area (Å²) in [5, 5.41) is 6.74. The highest BCUT2D eigenvalue weighted by Gasteiger charge is 2.17. The number of nitrogens with zero attached hydrogens (tertiary/aromatic N) is 2. The van der Waals surface area contributed by atoms with Gasteiger partial charge in [-0.2, -0.15) is 0 Å². The van der Waals surface area contributed by atoms with Crippen LogP contribution < -0.4 is 10.6 Å². The minimum Gasteiger partial charge on any atom is -0.373 e. The van der Waals surface area contributed by atoms with E-state index in [0.717, 1.165) is 23.6 Å². The van der Waals surface area contributed by atoms with E-state index in [1.807, 2.05) is 13.1 Å². The van der Waals surface area contributed by atoms with Gasteiger partial charge >= 0.3 is 0 Å². The molecule has 21 heavy (non-hydrogen) atoms. The maximum absolute atomic E-state index is 4.46. The van der Waals surface area contributed by atoms with Crippen LogP contribution in [0.25, 0.3) is 0 Å². The van der Waals surface area contributed by atoms with Gasteiger partial charge in [0.25, 0.3) is 0 Å². The summed E-state index contributed by atoms with van der Waals surface area (Å²) in [6.45, 7) is 6.50. The van der Waals surface area contributed by atoms with Crippen molar-refractivity contribution >= 4 is 11.6 Å². The molecule has 0 aliphatic carbocycles. The van der Waals surface area contributed by atoms with Crippen molar-refractivity contribution in [2.75, 3.05) is 17.7 Å². The molecular formula is C17H24N4. The molecule has 1 heterocycles. The van der Waals surface area contributed by atoms with Crippen molar-refractivity contribution in [1.82, 2.24) is 9.97 Å². The predicted molar refractivity (Wildman–Crippen MR) is 88.8 cm³/mol. The molecule has 2 rings (SSSR count). The Kier molecular flexibility index (Phi) is 5.14. The molecule has 1 unspecified atom stereocenters. The zero-order valence-corrected chi connectivity index (χ0v) is 13.2. The SMILES string of the molecule is CCC(Nc1ncnc(NC)c1C(C)C)c1ccccc1. The van der Waals surface area contributed by atoms with Crippen molar-refractivity contribution in [3.8, 4) is 0 Å². The molecule has 0 aliphatic rings. The molecule has 0 saturated heterocycles. The summed E-state index contributed by atoms with van der Waals surface area (Å²) in [7, 11) is 1.90. The first-order chi connectivity index (χ1) is 10.2. The monoisotopic (exact) mass is 284 g/mol. The van der Waals surface area contributed by atoms with E-state index in [2.05, 4.69) is 65.6 Å². The summed E-state index contributed by atoms with van der Waals surface area (Å²) in [6, 6.07) is 10.7. The summed E-state index contributed by atoms with van der Waals surface area (Å²) in [6.07, 6.45) is 2.61. The van der Waals surface area contributed by atoms with Gasteiger partial charge in [-0.3, -0.25) is 0 Å². The van der Waals surface area contributed by atoms with Crippen LogP contribution in [0.4, 0.5) is 11.6 Å². The minimum absolute atomic E-state index is 0.253. The molecule has 2 aromatic rings. The molecule has 0 saturated carbocycles. The van der Waals surface area contributed by atoms with Gasteiger partial charge in [-0.1, -0.05) is 51.1 Å².